The minimum absolute atomic E-state index is 0.0307. The molecular formula is C24H26N4O5S2. The standard InChI is InChI=1S/C24H26N4O5S2/c1-16(29)25-14-20(22(30)13-23-26-21(15-34-23)17-8-5-4-6-9-17)27-24(31)18-10-7-11-19(12-18)35(32,33)28(2)3/h4-12,15,20H,13-14H2,1-3H3,(H,25,29)(H,27,31)/t20-/m0/s1. The maximum Gasteiger partial charge on any atom is 0.251 e. The molecule has 1 heterocycles. The zero-order valence-electron chi connectivity index (χ0n) is 19.5. The largest absolute Gasteiger partial charge is 0.354 e. The Morgan fingerprint density at radius 2 is 1.77 bits per heavy atom. The van der Waals surface area contributed by atoms with Crippen molar-refractivity contribution in [1.82, 2.24) is 19.9 Å². The summed E-state index contributed by atoms with van der Waals surface area (Å²) in [5.74, 6) is -1.32. The van der Waals surface area contributed by atoms with Gasteiger partial charge in [-0.3, -0.25) is 14.4 Å². The molecule has 9 nitrogen and oxygen atoms in total. The summed E-state index contributed by atoms with van der Waals surface area (Å²) in [5, 5.41) is 7.61. The number of sulfonamides is 1. The van der Waals surface area contributed by atoms with Gasteiger partial charge in [-0.1, -0.05) is 36.4 Å². The molecule has 11 heteroatoms. The number of Topliss-reactive ketones (excluding diaryl/α,β-unsaturated/α-hetero) is 1. The van der Waals surface area contributed by atoms with Crippen LogP contribution in [0.1, 0.15) is 22.3 Å². The van der Waals surface area contributed by atoms with Gasteiger partial charge in [0.2, 0.25) is 15.9 Å². The summed E-state index contributed by atoms with van der Waals surface area (Å²) < 4.78 is 25.9. The Morgan fingerprint density at radius 3 is 2.43 bits per heavy atom. The Bertz CT molecular complexity index is 1320. The maximum absolute atomic E-state index is 13.1. The summed E-state index contributed by atoms with van der Waals surface area (Å²) >= 11 is 1.33. The molecule has 0 aliphatic rings. The van der Waals surface area contributed by atoms with Crippen LogP contribution in [0.15, 0.2) is 64.9 Å². The van der Waals surface area contributed by atoms with Crippen LogP contribution in [0.25, 0.3) is 11.3 Å². The lowest BCUT2D eigenvalue weighted by atomic mass is 10.1. The van der Waals surface area contributed by atoms with Crippen LogP contribution in [0.5, 0.6) is 0 Å². The summed E-state index contributed by atoms with van der Waals surface area (Å²) in [7, 11) is -0.948. The summed E-state index contributed by atoms with van der Waals surface area (Å²) in [6.07, 6.45) is -0.0307. The van der Waals surface area contributed by atoms with Gasteiger partial charge in [0.05, 0.1) is 17.0 Å². The van der Waals surface area contributed by atoms with Crippen molar-refractivity contribution in [3.8, 4) is 11.3 Å². The number of benzene rings is 2. The number of aromatic nitrogens is 1. The van der Waals surface area contributed by atoms with Gasteiger partial charge in [0, 0.05) is 44.1 Å². The Kier molecular flexibility index (Phi) is 8.49. The summed E-state index contributed by atoms with van der Waals surface area (Å²) in [5.41, 5.74) is 1.76. The van der Waals surface area contributed by atoms with E-state index < -0.39 is 22.0 Å². The number of hydrogen-bond donors (Lipinski definition) is 2. The van der Waals surface area contributed by atoms with Crippen molar-refractivity contribution < 1.29 is 22.8 Å². The average molecular weight is 515 g/mol. The predicted octanol–water partition coefficient (Wildman–Crippen LogP) is 2.11. The summed E-state index contributed by atoms with van der Waals surface area (Å²) in [6.45, 7) is 1.21. The summed E-state index contributed by atoms with van der Waals surface area (Å²) in [6, 6.07) is 14.1. The van der Waals surface area contributed by atoms with Gasteiger partial charge in [-0.15, -0.1) is 11.3 Å². The van der Waals surface area contributed by atoms with E-state index in [1.807, 2.05) is 35.7 Å². The number of carbonyl (C=O) groups excluding carboxylic acids is 3. The molecule has 3 rings (SSSR count). The molecule has 2 N–H and O–H groups in total. The van der Waals surface area contributed by atoms with E-state index in [2.05, 4.69) is 15.6 Å². The van der Waals surface area contributed by atoms with Crippen molar-refractivity contribution in [2.45, 2.75) is 24.3 Å². The van der Waals surface area contributed by atoms with E-state index in [9.17, 15) is 22.8 Å². The number of carbonyl (C=O) groups is 3. The topological polar surface area (TPSA) is 126 Å². The first-order valence-electron chi connectivity index (χ1n) is 10.7. The molecule has 3 aromatic rings. The Hall–Kier alpha value is -3.41. The molecular weight excluding hydrogens is 488 g/mol. The van der Waals surface area contributed by atoms with Crippen LogP contribution in [0.4, 0.5) is 0 Å². The van der Waals surface area contributed by atoms with Crippen LogP contribution < -0.4 is 10.6 Å². The molecule has 1 atom stereocenters. The molecule has 1 aromatic heterocycles. The second kappa shape index (κ2) is 11.3. The molecule has 0 aliphatic heterocycles. The molecule has 0 bridgehead atoms. The highest BCUT2D eigenvalue weighted by molar-refractivity contribution is 7.89. The first-order chi connectivity index (χ1) is 16.6. The van der Waals surface area contributed by atoms with Gasteiger partial charge in [0.1, 0.15) is 11.0 Å². The highest BCUT2D eigenvalue weighted by atomic mass is 32.2. The molecule has 0 spiro atoms. The van der Waals surface area contributed by atoms with Crippen LogP contribution in [0.2, 0.25) is 0 Å². The van der Waals surface area contributed by atoms with Crippen LogP contribution in [0, 0.1) is 0 Å². The fourth-order valence-electron chi connectivity index (χ4n) is 3.15. The number of thiazole rings is 1. The van der Waals surface area contributed by atoms with Crippen molar-refractivity contribution in [3.63, 3.8) is 0 Å². The van der Waals surface area contributed by atoms with Crippen LogP contribution in [0.3, 0.4) is 0 Å². The quantitative estimate of drug-likeness (QED) is 0.427. The first-order valence-corrected chi connectivity index (χ1v) is 13.0. The van der Waals surface area contributed by atoms with Gasteiger partial charge in [-0.05, 0) is 18.2 Å². The smallest absolute Gasteiger partial charge is 0.251 e. The molecule has 0 unspecified atom stereocenters. The van der Waals surface area contributed by atoms with E-state index in [1.165, 1.54) is 56.6 Å². The fraction of sp³-hybridized carbons (Fsp3) is 0.250. The van der Waals surface area contributed by atoms with Gasteiger partial charge in [-0.25, -0.2) is 17.7 Å². The normalized spacial score (nSPS) is 12.2. The van der Waals surface area contributed by atoms with Gasteiger partial charge < -0.3 is 10.6 Å². The molecule has 2 aromatic carbocycles. The lowest BCUT2D eigenvalue weighted by molar-refractivity contribution is -0.121. The van der Waals surface area contributed by atoms with E-state index in [4.69, 9.17) is 0 Å². The van der Waals surface area contributed by atoms with E-state index in [1.54, 1.807) is 0 Å². The molecule has 0 radical (unpaired) electrons. The number of hydrogen-bond acceptors (Lipinski definition) is 7. The number of ketones is 1. The minimum atomic E-state index is -3.74. The minimum Gasteiger partial charge on any atom is -0.354 e. The van der Waals surface area contributed by atoms with E-state index in [-0.39, 0.29) is 35.1 Å². The Morgan fingerprint density at radius 1 is 1.06 bits per heavy atom. The molecule has 0 fully saturated rings. The summed E-state index contributed by atoms with van der Waals surface area (Å²) in [4.78, 5) is 41.9. The van der Waals surface area contributed by atoms with Crippen molar-refractivity contribution in [1.29, 1.82) is 0 Å². The lowest BCUT2D eigenvalue weighted by Gasteiger charge is -2.18. The van der Waals surface area contributed by atoms with Crippen molar-refractivity contribution in [2.24, 2.45) is 0 Å². The van der Waals surface area contributed by atoms with Crippen LogP contribution >= 0.6 is 11.3 Å². The third-order valence-electron chi connectivity index (χ3n) is 5.07. The molecule has 35 heavy (non-hydrogen) atoms. The van der Waals surface area contributed by atoms with Gasteiger partial charge >= 0.3 is 0 Å². The number of nitrogens with zero attached hydrogens (tertiary/aromatic N) is 2. The zero-order chi connectivity index (χ0) is 25.6. The molecule has 184 valence electrons. The number of amides is 2. The van der Waals surface area contributed by atoms with E-state index in [0.717, 1.165) is 15.6 Å². The monoisotopic (exact) mass is 514 g/mol. The molecule has 0 aliphatic carbocycles. The maximum atomic E-state index is 13.1. The second-order valence-corrected chi connectivity index (χ2v) is 11.0. The van der Waals surface area contributed by atoms with E-state index in [0.29, 0.717) is 5.01 Å². The SMILES string of the molecule is CC(=O)NC[C@H](NC(=O)c1cccc(S(=O)(=O)N(C)C)c1)C(=O)Cc1nc(-c2ccccc2)cs1. The first kappa shape index (κ1) is 26.2. The highest BCUT2D eigenvalue weighted by Gasteiger charge is 2.24. The van der Waals surface area contributed by atoms with Crippen molar-refractivity contribution >= 4 is 39.0 Å². The van der Waals surface area contributed by atoms with E-state index >= 15 is 0 Å². The Labute approximate surface area is 208 Å². The number of nitrogens with one attached hydrogen (secondary N) is 2. The van der Waals surface area contributed by atoms with Gasteiger partial charge in [0.15, 0.2) is 5.78 Å². The third-order valence-corrected chi connectivity index (χ3v) is 7.73. The van der Waals surface area contributed by atoms with Crippen molar-refractivity contribution in [3.05, 3.63) is 70.5 Å². The average Bonchev–Trinajstić information content (AvgIpc) is 3.30. The van der Waals surface area contributed by atoms with Crippen LogP contribution in [-0.2, 0) is 26.0 Å². The highest BCUT2D eigenvalue weighted by Crippen LogP contribution is 2.22. The zero-order valence-corrected chi connectivity index (χ0v) is 21.2. The lowest BCUT2D eigenvalue weighted by Crippen LogP contribution is -2.48. The van der Waals surface area contributed by atoms with Crippen molar-refractivity contribution in [2.75, 3.05) is 20.6 Å². The molecule has 0 saturated heterocycles. The fourth-order valence-corrected chi connectivity index (χ4v) is 4.91. The van der Waals surface area contributed by atoms with Gasteiger partial charge in [-0.2, -0.15) is 0 Å². The molecule has 0 saturated carbocycles. The number of rotatable bonds is 10. The van der Waals surface area contributed by atoms with Crippen LogP contribution in [-0.4, -0.2) is 62.0 Å². The third kappa shape index (κ3) is 6.81. The predicted molar refractivity (Wildman–Crippen MR) is 134 cm³/mol. The Balaban J connectivity index is 1.77. The van der Waals surface area contributed by atoms with Gasteiger partial charge in [0.25, 0.3) is 5.91 Å². The molecule has 2 amide bonds. The second-order valence-electron chi connectivity index (χ2n) is 7.91.